The minimum absolute atomic E-state index is 0.143. The largest absolute Gasteiger partial charge is 0.469 e. The van der Waals surface area contributed by atoms with Crippen molar-refractivity contribution in [3.05, 3.63) is 85.2 Å². The van der Waals surface area contributed by atoms with E-state index in [1.54, 1.807) is 18.5 Å². The minimum Gasteiger partial charge on any atom is -0.469 e. The summed E-state index contributed by atoms with van der Waals surface area (Å²) in [6.07, 6.45) is 5.13. The van der Waals surface area contributed by atoms with Gasteiger partial charge in [0.05, 0.1) is 41.5 Å². The molecule has 2 unspecified atom stereocenters. The number of hydrogen-bond donors (Lipinski definition) is 2. The number of carbonyl (C=O) groups excluding carboxylic acids is 2. The van der Waals surface area contributed by atoms with Gasteiger partial charge < -0.3 is 15.8 Å². The lowest BCUT2D eigenvalue weighted by molar-refractivity contribution is -0.145. The predicted molar refractivity (Wildman–Crippen MR) is 153 cm³/mol. The maximum absolute atomic E-state index is 12.9. The van der Waals surface area contributed by atoms with Crippen LogP contribution in [0.1, 0.15) is 19.3 Å². The van der Waals surface area contributed by atoms with Crippen molar-refractivity contribution in [3.63, 3.8) is 0 Å². The fraction of sp³-hybridized carbons (Fsp3) is 0.194. The van der Waals surface area contributed by atoms with E-state index in [2.05, 4.69) is 39.6 Å². The van der Waals surface area contributed by atoms with E-state index < -0.39 is 0 Å². The second-order valence-corrected chi connectivity index (χ2v) is 9.90. The van der Waals surface area contributed by atoms with E-state index >= 15 is 0 Å². The van der Waals surface area contributed by atoms with Gasteiger partial charge in [0, 0.05) is 12.1 Å². The highest BCUT2D eigenvalue weighted by Gasteiger charge is 2.34. The maximum atomic E-state index is 12.9. The van der Waals surface area contributed by atoms with Gasteiger partial charge in [0.15, 0.2) is 0 Å². The van der Waals surface area contributed by atoms with Crippen molar-refractivity contribution in [1.82, 2.24) is 19.5 Å². The number of fused-ring (bicyclic) bond motifs is 1. The number of hydrogen-bond acceptors (Lipinski definition) is 7. The van der Waals surface area contributed by atoms with Crippen molar-refractivity contribution in [2.24, 2.45) is 11.8 Å². The van der Waals surface area contributed by atoms with Gasteiger partial charge in [-0.3, -0.25) is 14.2 Å². The molecule has 1 fully saturated rings. The number of imidazole rings is 1. The zero-order valence-electron chi connectivity index (χ0n) is 21.9. The molecule has 0 bridgehead atoms. The summed E-state index contributed by atoms with van der Waals surface area (Å²) in [5.74, 6) is 0.573. The van der Waals surface area contributed by atoms with Gasteiger partial charge in [-0.25, -0.2) is 15.0 Å². The summed E-state index contributed by atoms with van der Waals surface area (Å²) >= 11 is 0. The van der Waals surface area contributed by atoms with E-state index in [9.17, 15) is 9.59 Å². The summed E-state index contributed by atoms with van der Waals surface area (Å²) in [6.45, 7) is 0. The minimum atomic E-state index is -0.259. The quantitative estimate of drug-likeness (QED) is 0.286. The second kappa shape index (κ2) is 10.6. The van der Waals surface area contributed by atoms with Gasteiger partial charge in [-0.05, 0) is 66.8 Å². The molecule has 0 saturated heterocycles. The number of rotatable bonds is 6. The summed E-state index contributed by atoms with van der Waals surface area (Å²) in [5, 5.41) is 2.90. The van der Waals surface area contributed by atoms with Crippen LogP contribution in [0.15, 0.2) is 85.2 Å². The van der Waals surface area contributed by atoms with Crippen molar-refractivity contribution in [1.29, 1.82) is 0 Å². The standard InChI is InChI=1S/C31H28N6O3/c1-40-31(39)22-10-9-21(16-22)30(38)36-27-14-12-23(18-34-27)37-26-17-20(19-6-3-2-4-7-19)11-13-25(26)35-29(37)24-8-5-15-33-28(24)32/h2-8,11-15,17-18,21-22H,9-10,16H2,1H3,(H2,32,33)(H,34,36,38). The van der Waals surface area contributed by atoms with Crippen LogP contribution in [0.3, 0.4) is 0 Å². The fourth-order valence-corrected chi connectivity index (χ4v) is 5.36. The Hall–Kier alpha value is -5.05. The van der Waals surface area contributed by atoms with Crippen LogP contribution in [0.5, 0.6) is 0 Å². The Labute approximate surface area is 231 Å². The summed E-state index contributed by atoms with van der Waals surface area (Å²) < 4.78 is 6.84. The number of methoxy groups -OCH3 is 1. The smallest absolute Gasteiger partial charge is 0.308 e. The Morgan fingerprint density at radius 3 is 2.52 bits per heavy atom. The number of nitrogen functional groups attached to an aromatic ring is 1. The molecule has 0 spiro atoms. The summed E-state index contributed by atoms with van der Waals surface area (Å²) in [6, 6.07) is 23.7. The van der Waals surface area contributed by atoms with E-state index in [1.807, 2.05) is 47.0 Å². The van der Waals surface area contributed by atoms with Crippen LogP contribution in [0.4, 0.5) is 11.6 Å². The number of nitrogens with one attached hydrogen (secondary N) is 1. The molecule has 40 heavy (non-hydrogen) atoms. The Morgan fingerprint density at radius 1 is 0.950 bits per heavy atom. The monoisotopic (exact) mass is 532 g/mol. The first-order chi connectivity index (χ1) is 19.5. The van der Waals surface area contributed by atoms with Crippen molar-refractivity contribution in [2.45, 2.75) is 19.3 Å². The van der Waals surface area contributed by atoms with Crippen LogP contribution in [-0.2, 0) is 14.3 Å². The second-order valence-electron chi connectivity index (χ2n) is 9.90. The lowest BCUT2D eigenvalue weighted by atomic mass is 10.0. The highest BCUT2D eigenvalue weighted by molar-refractivity contribution is 5.93. The Bertz CT molecular complexity index is 1700. The van der Waals surface area contributed by atoms with Crippen molar-refractivity contribution < 1.29 is 14.3 Å². The Kier molecular flexibility index (Phi) is 6.69. The number of nitrogens with two attached hydrogens (primary N) is 1. The van der Waals surface area contributed by atoms with E-state index in [-0.39, 0.29) is 23.7 Å². The van der Waals surface area contributed by atoms with E-state index in [1.165, 1.54) is 7.11 Å². The van der Waals surface area contributed by atoms with Crippen molar-refractivity contribution in [2.75, 3.05) is 18.2 Å². The first-order valence-electron chi connectivity index (χ1n) is 13.2. The third kappa shape index (κ3) is 4.77. The highest BCUT2D eigenvalue weighted by Crippen LogP contribution is 2.34. The molecular formula is C31H28N6O3. The lowest BCUT2D eigenvalue weighted by Gasteiger charge is -2.13. The predicted octanol–water partition coefficient (Wildman–Crippen LogP) is 5.26. The van der Waals surface area contributed by atoms with Gasteiger partial charge in [-0.15, -0.1) is 0 Å². The number of amides is 1. The molecule has 5 aromatic rings. The lowest BCUT2D eigenvalue weighted by Crippen LogP contribution is -2.22. The number of anilines is 2. The summed E-state index contributed by atoms with van der Waals surface area (Å²) in [7, 11) is 1.38. The average Bonchev–Trinajstić information content (AvgIpc) is 3.63. The number of aromatic nitrogens is 4. The number of carbonyl (C=O) groups is 2. The molecule has 1 amide bonds. The van der Waals surface area contributed by atoms with Crippen LogP contribution in [0.25, 0.3) is 39.2 Å². The SMILES string of the molecule is COC(=O)C1CCC(C(=O)Nc2ccc(-n3c(-c4cccnc4N)nc4ccc(-c5ccccc5)cc43)cn2)C1. The number of benzene rings is 2. The van der Waals surface area contributed by atoms with Gasteiger partial charge in [0.2, 0.25) is 5.91 Å². The summed E-state index contributed by atoms with van der Waals surface area (Å²) in [4.78, 5) is 38.4. The molecule has 1 saturated carbocycles. The van der Waals surface area contributed by atoms with Crippen molar-refractivity contribution >= 4 is 34.5 Å². The van der Waals surface area contributed by atoms with E-state index in [0.29, 0.717) is 42.3 Å². The maximum Gasteiger partial charge on any atom is 0.308 e. The molecule has 1 aliphatic carbocycles. The molecule has 3 aromatic heterocycles. The zero-order chi connectivity index (χ0) is 27.6. The van der Waals surface area contributed by atoms with Crippen LogP contribution < -0.4 is 11.1 Å². The van der Waals surface area contributed by atoms with Crippen LogP contribution in [-0.4, -0.2) is 38.5 Å². The topological polar surface area (TPSA) is 125 Å². The molecule has 3 N–H and O–H groups in total. The molecule has 9 heteroatoms. The number of esters is 1. The van der Waals surface area contributed by atoms with Gasteiger partial charge in [0.25, 0.3) is 0 Å². The molecule has 200 valence electrons. The normalized spacial score (nSPS) is 16.6. The van der Waals surface area contributed by atoms with Crippen LogP contribution in [0, 0.1) is 11.8 Å². The van der Waals surface area contributed by atoms with Crippen molar-refractivity contribution in [3.8, 4) is 28.2 Å². The molecule has 3 heterocycles. The highest BCUT2D eigenvalue weighted by atomic mass is 16.5. The third-order valence-corrected chi connectivity index (χ3v) is 7.44. The summed E-state index contributed by atoms with van der Waals surface area (Å²) in [5.41, 5.74) is 11.6. The molecule has 9 nitrogen and oxygen atoms in total. The number of ether oxygens (including phenoxy) is 1. The number of pyridine rings is 2. The molecule has 6 rings (SSSR count). The van der Waals surface area contributed by atoms with Crippen LogP contribution >= 0.6 is 0 Å². The molecule has 2 atom stereocenters. The zero-order valence-corrected chi connectivity index (χ0v) is 21.9. The molecular weight excluding hydrogens is 504 g/mol. The Balaban J connectivity index is 1.35. The van der Waals surface area contributed by atoms with E-state index in [4.69, 9.17) is 15.5 Å². The van der Waals surface area contributed by atoms with Gasteiger partial charge in [0.1, 0.15) is 17.5 Å². The van der Waals surface area contributed by atoms with Gasteiger partial charge in [-0.1, -0.05) is 36.4 Å². The number of nitrogens with zero attached hydrogens (tertiary/aromatic N) is 4. The van der Waals surface area contributed by atoms with Crippen LogP contribution in [0.2, 0.25) is 0 Å². The average molecular weight is 533 g/mol. The van der Waals surface area contributed by atoms with E-state index in [0.717, 1.165) is 27.8 Å². The molecule has 0 aliphatic heterocycles. The third-order valence-electron chi connectivity index (χ3n) is 7.44. The Morgan fingerprint density at radius 2 is 1.77 bits per heavy atom. The van der Waals surface area contributed by atoms with Gasteiger partial charge in [-0.2, -0.15) is 0 Å². The molecule has 0 radical (unpaired) electrons. The molecule has 2 aromatic carbocycles. The first kappa shape index (κ1) is 25.2. The van der Waals surface area contributed by atoms with Gasteiger partial charge >= 0.3 is 5.97 Å². The first-order valence-corrected chi connectivity index (χ1v) is 13.2. The molecule has 1 aliphatic rings. The fourth-order valence-electron chi connectivity index (χ4n) is 5.36.